The van der Waals surface area contributed by atoms with Crippen molar-refractivity contribution < 1.29 is 9.84 Å². The molecule has 19 heavy (non-hydrogen) atoms. The molecule has 0 spiro atoms. The predicted octanol–water partition coefficient (Wildman–Crippen LogP) is 3.86. The summed E-state index contributed by atoms with van der Waals surface area (Å²) in [6.07, 6.45) is 0.0974. The molecule has 1 aliphatic heterocycles. The first kappa shape index (κ1) is 12.2. The summed E-state index contributed by atoms with van der Waals surface area (Å²) in [5.74, 6) is 0.796. The molecule has 0 amide bonds. The molecule has 2 nitrogen and oxygen atoms in total. The Labute approximate surface area is 113 Å². The van der Waals surface area contributed by atoms with Gasteiger partial charge in [-0.05, 0) is 36.6 Å². The van der Waals surface area contributed by atoms with Crippen LogP contribution in [-0.2, 0) is 0 Å². The largest absolute Gasteiger partial charge is 0.485 e. The van der Waals surface area contributed by atoms with Crippen LogP contribution in [0.15, 0.2) is 42.5 Å². The molecule has 1 heterocycles. The molecule has 3 rings (SSSR count). The summed E-state index contributed by atoms with van der Waals surface area (Å²) >= 11 is 0. The molecule has 1 N–H and O–H groups in total. The topological polar surface area (TPSA) is 29.5 Å². The second-order valence-electron chi connectivity index (χ2n) is 5.24. The molecule has 0 bridgehead atoms. The Hall–Kier alpha value is -1.80. The van der Waals surface area contributed by atoms with Crippen molar-refractivity contribution in [3.8, 4) is 5.75 Å². The molecule has 0 radical (unpaired) electrons. The van der Waals surface area contributed by atoms with E-state index < -0.39 is 6.10 Å². The van der Waals surface area contributed by atoms with Crippen LogP contribution in [0.1, 0.15) is 40.9 Å². The number of fused-ring (bicyclic) bond motifs is 1. The van der Waals surface area contributed by atoms with E-state index in [9.17, 15) is 5.11 Å². The maximum absolute atomic E-state index is 10.2. The SMILES string of the molecule is Cc1ccc(C2C[C@H](O)c3ccccc3O2)cc1C. The zero-order chi connectivity index (χ0) is 13.4. The molecule has 2 atom stereocenters. The minimum atomic E-state index is -0.448. The fraction of sp³-hybridized carbons (Fsp3) is 0.294. The molecule has 0 saturated carbocycles. The minimum absolute atomic E-state index is 0.0656. The maximum Gasteiger partial charge on any atom is 0.127 e. The number of ether oxygens (including phenoxy) is 1. The summed E-state index contributed by atoms with van der Waals surface area (Å²) in [6, 6.07) is 14.1. The summed E-state index contributed by atoms with van der Waals surface area (Å²) in [5, 5.41) is 10.2. The van der Waals surface area contributed by atoms with E-state index >= 15 is 0 Å². The van der Waals surface area contributed by atoms with E-state index in [-0.39, 0.29) is 6.10 Å². The van der Waals surface area contributed by atoms with Gasteiger partial charge in [0.1, 0.15) is 11.9 Å². The third-order valence-corrected chi connectivity index (χ3v) is 3.89. The van der Waals surface area contributed by atoms with E-state index in [2.05, 4.69) is 32.0 Å². The lowest BCUT2D eigenvalue weighted by Crippen LogP contribution is -2.19. The van der Waals surface area contributed by atoms with Crippen LogP contribution < -0.4 is 4.74 Å². The molecule has 0 aromatic heterocycles. The first-order chi connectivity index (χ1) is 9.15. The third kappa shape index (κ3) is 2.24. The monoisotopic (exact) mass is 254 g/mol. The van der Waals surface area contributed by atoms with Gasteiger partial charge in [0.25, 0.3) is 0 Å². The Morgan fingerprint density at radius 1 is 1.05 bits per heavy atom. The number of aryl methyl sites for hydroxylation is 2. The van der Waals surface area contributed by atoms with Gasteiger partial charge in [-0.3, -0.25) is 0 Å². The minimum Gasteiger partial charge on any atom is -0.485 e. The summed E-state index contributed by atoms with van der Waals surface area (Å²) in [4.78, 5) is 0. The Morgan fingerprint density at radius 3 is 2.63 bits per heavy atom. The zero-order valence-corrected chi connectivity index (χ0v) is 11.3. The van der Waals surface area contributed by atoms with Gasteiger partial charge in [0.15, 0.2) is 0 Å². The van der Waals surface area contributed by atoms with Crippen molar-refractivity contribution in [2.75, 3.05) is 0 Å². The van der Waals surface area contributed by atoms with E-state index in [0.29, 0.717) is 6.42 Å². The number of para-hydroxylation sites is 1. The van der Waals surface area contributed by atoms with Gasteiger partial charge in [-0.15, -0.1) is 0 Å². The number of aliphatic hydroxyl groups excluding tert-OH is 1. The first-order valence-electron chi connectivity index (χ1n) is 6.66. The van der Waals surface area contributed by atoms with Crippen LogP contribution in [0.4, 0.5) is 0 Å². The van der Waals surface area contributed by atoms with Crippen LogP contribution in [0.5, 0.6) is 5.75 Å². The van der Waals surface area contributed by atoms with E-state index in [1.807, 2.05) is 24.3 Å². The fourth-order valence-electron chi connectivity index (χ4n) is 2.56. The molecule has 0 aliphatic carbocycles. The Bertz CT molecular complexity index is 604. The maximum atomic E-state index is 10.2. The second-order valence-corrected chi connectivity index (χ2v) is 5.24. The standard InChI is InChI=1S/C17H18O2/c1-11-7-8-13(9-12(11)2)17-10-15(18)14-5-3-4-6-16(14)19-17/h3-9,15,17-18H,10H2,1-2H3/t15-,17?/m0/s1. The van der Waals surface area contributed by atoms with Crippen LogP contribution in [-0.4, -0.2) is 5.11 Å². The van der Waals surface area contributed by atoms with Crippen molar-refractivity contribution in [3.63, 3.8) is 0 Å². The number of aliphatic hydroxyl groups is 1. The Balaban J connectivity index is 1.94. The molecule has 98 valence electrons. The van der Waals surface area contributed by atoms with Crippen molar-refractivity contribution in [2.45, 2.75) is 32.5 Å². The highest BCUT2D eigenvalue weighted by molar-refractivity contribution is 5.39. The van der Waals surface area contributed by atoms with Gasteiger partial charge in [0, 0.05) is 12.0 Å². The molecular weight excluding hydrogens is 236 g/mol. The molecule has 2 heteroatoms. The number of hydrogen-bond acceptors (Lipinski definition) is 2. The highest BCUT2D eigenvalue weighted by Crippen LogP contribution is 2.40. The normalized spacial score (nSPS) is 21.6. The van der Waals surface area contributed by atoms with Crippen molar-refractivity contribution >= 4 is 0 Å². The van der Waals surface area contributed by atoms with Crippen molar-refractivity contribution in [1.82, 2.24) is 0 Å². The smallest absolute Gasteiger partial charge is 0.127 e. The van der Waals surface area contributed by atoms with Crippen LogP contribution in [0.25, 0.3) is 0 Å². The lowest BCUT2D eigenvalue weighted by molar-refractivity contribution is 0.0657. The van der Waals surface area contributed by atoms with E-state index in [1.165, 1.54) is 11.1 Å². The van der Waals surface area contributed by atoms with Gasteiger partial charge < -0.3 is 9.84 Å². The van der Waals surface area contributed by atoms with Gasteiger partial charge in [-0.2, -0.15) is 0 Å². The average Bonchev–Trinajstić information content (AvgIpc) is 2.42. The van der Waals surface area contributed by atoms with Gasteiger partial charge in [0.2, 0.25) is 0 Å². The van der Waals surface area contributed by atoms with E-state index in [4.69, 9.17) is 4.74 Å². The molecular formula is C17H18O2. The summed E-state index contributed by atoms with van der Waals surface area (Å²) in [6.45, 7) is 4.21. The molecule has 0 saturated heterocycles. The zero-order valence-electron chi connectivity index (χ0n) is 11.3. The lowest BCUT2D eigenvalue weighted by atomic mass is 9.93. The van der Waals surface area contributed by atoms with Gasteiger partial charge in [-0.25, -0.2) is 0 Å². The fourth-order valence-corrected chi connectivity index (χ4v) is 2.56. The predicted molar refractivity (Wildman–Crippen MR) is 75.3 cm³/mol. The highest BCUT2D eigenvalue weighted by atomic mass is 16.5. The summed E-state index contributed by atoms with van der Waals surface area (Å²) < 4.78 is 6.02. The average molecular weight is 254 g/mol. The number of hydrogen-bond donors (Lipinski definition) is 1. The van der Waals surface area contributed by atoms with Crippen molar-refractivity contribution in [2.24, 2.45) is 0 Å². The van der Waals surface area contributed by atoms with E-state index in [0.717, 1.165) is 16.9 Å². The van der Waals surface area contributed by atoms with Crippen molar-refractivity contribution in [1.29, 1.82) is 0 Å². The first-order valence-corrected chi connectivity index (χ1v) is 6.66. The molecule has 2 aromatic carbocycles. The van der Waals surface area contributed by atoms with Gasteiger partial charge in [-0.1, -0.05) is 36.4 Å². The number of benzene rings is 2. The van der Waals surface area contributed by atoms with Crippen LogP contribution in [0.2, 0.25) is 0 Å². The molecule has 0 fully saturated rings. The quantitative estimate of drug-likeness (QED) is 0.837. The Kier molecular flexibility index (Phi) is 3.03. The highest BCUT2D eigenvalue weighted by Gasteiger charge is 2.27. The van der Waals surface area contributed by atoms with Crippen LogP contribution in [0.3, 0.4) is 0 Å². The molecule has 2 aromatic rings. The summed E-state index contributed by atoms with van der Waals surface area (Å²) in [7, 11) is 0. The van der Waals surface area contributed by atoms with Gasteiger partial charge >= 0.3 is 0 Å². The molecule has 1 unspecified atom stereocenters. The van der Waals surface area contributed by atoms with E-state index in [1.54, 1.807) is 0 Å². The van der Waals surface area contributed by atoms with Crippen LogP contribution in [0, 0.1) is 13.8 Å². The second kappa shape index (κ2) is 4.71. The number of rotatable bonds is 1. The van der Waals surface area contributed by atoms with Gasteiger partial charge in [0.05, 0.1) is 6.10 Å². The third-order valence-electron chi connectivity index (χ3n) is 3.89. The molecule has 1 aliphatic rings. The lowest BCUT2D eigenvalue weighted by Gasteiger charge is -2.30. The van der Waals surface area contributed by atoms with Crippen LogP contribution >= 0.6 is 0 Å². The summed E-state index contributed by atoms with van der Waals surface area (Å²) in [5.41, 5.74) is 4.56. The Morgan fingerprint density at radius 2 is 1.84 bits per heavy atom. The van der Waals surface area contributed by atoms with Crippen molar-refractivity contribution in [3.05, 3.63) is 64.7 Å².